The summed E-state index contributed by atoms with van der Waals surface area (Å²) in [6.07, 6.45) is 0. The third-order valence-electron chi connectivity index (χ3n) is 4.62. The van der Waals surface area contributed by atoms with Crippen LogP contribution in [0.15, 0.2) is 46.3 Å². The first-order valence-electron chi connectivity index (χ1n) is 8.36. The molecule has 1 aromatic carbocycles. The lowest BCUT2D eigenvalue weighted by Crippen LogP contribution is -2.47. The van der Waals surface area contributed by atoms with Crippen molar-refractivity contribution in [2.45, 2.75) is 13.0 Å². The average Bonchev–Trinajstić information content (AvgIpc) is 3.33. The molecule has 1 atom stereocenters. The van der Waals surface area contributed by atoms with Gasteiger partial charge in [-0.15, -0.1) is 11.3 Å². The zero-order chi connectivity index (χ0) is 17.2. The summed E-state index contributed by atoms with van der Waals surface area (Å²) in [6.45, 7) is 5.83. The third-order valence-corrected chi connectivity index (χ3v) is 5.48. The van der Waals surface area contributed by atoms with E-state index in [0.29, 0.717) is 17.5 Å². The zero-order valence-corrected chi connectivity index (χ0v) is 14.8. The SMILES string of the molecule is CC(c1nc(-c2cccs2)no1)N1CCN(c2ccc(O)cc2)CC1. The number of piperazine rings is 1. The van der Waals surface area contributed by atoms with Crippen LogP contribution in [0.1, 0.15) is 18.9 Å². The first-order chi connectivity index (χ1) is 12.2. The molecule has 0 spiro atoms. The van der Waals surface area contributed by atoms with E-state index >= 15 is 0 Å². The lowest BCUT2D eigenvalue weighted by Gasteiger charge is -2.38. The fourth-order valence-corrected chi connectivity index (χ4v) is 3.75. The summed E-state index contributed by atoms with van der Waals surface area (Å²) in [5.41, 5.74) is 1.14. The van der Waals surface area contributed by atoms with Crippen molar-refractivity contribution >= 4 is 17.0 Å². The van der Waals surface area contributed by atoms with Crippen LogP contribution in [0, 0.1) is 0 Å². The molecule has 1 fully saturated rings. The van der Waals surface area contributed by atoms with Crippen molar-refractivity contribution in [2.24, 2.45) is 0 Å². The van der Waals surface area contributed by atoms with Crippen molar-refractivity contribution in [3.05, 3.63) is 47.7 Å². The minimum absolute atomic E-state index is 0.100. The summed E-state index contributed by atoms with van der Waals surface area (Å²) in [4.78, 5) is 10.3. The van der Waals surface area contributed by atoms with Crippen molar-refractivity contribution in [1.29, 1.82) is 0 Å². The number of aromatic hydroxyl groups is 1. The summed E-state index contributed by atoms with van der Waals surface area (Å²) in [6, 6.07) is 11.5. The van der Waals surface area contributed by atoms with Crippen LogP contribution >= 0.6 is 11.3 Å². The molecule has 2 aromatic heterocycles. The smallest absolute Gasteiger partial charge is 0.244 e. The number of nitrogens with zero attached hydrogens (tertiary/aromatic N) is 4. The highest BCUT2D eigenvalue weighted by molar-refractivity contribution is 7.13. The largest absolute Gasteiger partial charge is 0.508 e. The zero-order valence-electron chi connectivity index (χ0n) is 14.0. The molecule has 130 valence electrons. The van der Waals surface area contributed by atoms with Crippen LogP contribution < -0.4 is 4.90 Å². The van der Waals surface area contributed by atoms with Gasteiger partial charge < -0.3 is 14.5 Å². The first-order valence-corrected chi connectivity index (χ1v) is 9.24. The van der Waals surface area contributed by atoms with E-state index in [1.807, 2.05) is 29.6 Å². The van der Waals surface area contributed by atoms with E-state index in [0.717, 1.165) is 36.7 Å². The molecular formula is C18H20N4O2S. The second kappa shape index (κ2) is 6.85. The van der Waals surface area contributed by atoms with Crippen LogP contribution in [-0.2, 0) is 0 Å². The number of anilines is 1. The Labute approximate surface area is 150 Å². The van der Waals surface area contributed by atoms with E-state index in [2.05, 4.69) is 26.9 Å². The molecule has 1 aliphatic heterocycles. The number of benzene rings is 1. The molecule has 0 bridgehead atoms. The molecule has 0 amide bonds. The van der Waals surface area contributed by atoms with Gasteiger partial charge in [0, 0.05) is 31.9 Å². The molecule has 1 aliphatic rings. The molecule has 7 heteroatoms. The first kappa shape index (κ1) is 16.1. The van der Waals surface area contributed by atoms with Crippen molar-refractivity contribution in [3.63, 3.8) is 0 Å². The van der Waals surface area contributed by atoms with Crippen LogP contribution in [-0.4, -0.2) is 46.3 Å². The summed E-state index contributed by atoms with van der Waals surface area (Å²) in [7, 11) is 0. The molecule has 6 nitrogen and oxygen atoms in total. The van der Waals surface area contributed by atoms with Crippen LogP contribution in [0.4, 0.5) is 5.69 Å². The highest BCUT2D eigenvalue weighted by Gasteiger charge is 2.26. The Morgan fingerprint density at radius 1 is 1.12 bits per heavy atom. The van der Waals surface area contributed by atoms with Gasteiger partial charge in [0.25, 0.3) is 0 Å². The molecule has 1 N–H and O–H groups in total. The Morgan fingerprint density at radius 3 is 2.56 bits per heavy atom. The number of phenols is 1. The third kappa shape index (κ3) is 3.38. The van der Waals surface area contributed by atoms with Crippen LogP contribution in [0.2, 0.25) is 0 Å². The summed E-state index contributed by atoms with van der Waals surface area (Å²) >= 11 is 1.61. The number of thiophene rings is 1. The van der Waals surface area contributed by atoms with Crippen LogP contribution in [0.5, 0.6) is 5.75 Å². The van der Waals surface area contributed by atoms with Crippen LogP contribution in [0.3, 0.4) is 0 Å². The van der Waals surface area contributed by atoms with Crippen molar-refractivity contribution in [1.82, 2.24) is 15.0 Å². The van der Waals surface area contributed by atoms with Gasteiger partial charge >= 0.3 is 0 Å². The predicted molar refractivity (Wildman–Crippen MR) is 97.9 cm³/mol. The predicted octanol–water partition coefficient (Wildman–Crippen LogP) is 3.39. The molecule has 0 saturated carbocycles. The lowest BCUT2D eigenvalue weighted by molar-refractivity contribution is 0.164. The molecule has 25 heavy (non-hydrogen) atoms. The minimum atomic E-state index is 0.100. The Balaban J connectivity index is 1.39. The Morgan fingerprint density at radius 2 is 1.88 bits per heavy atom. The lowest BCUT2D eigenvalue weighted by atomic mass is 10.2. The summed E-state index contributed by atoms with van der Waals surface area (Å²) in [5.74, 6) is 1.63. The average molecular weight is 356 g/mol. The Kier molecular flexibility index (Phi) is 4.42. The van der Waals surface area contributed by atoms with E-state index in [1.54, 1.807) is 23.5 Å². The second-order valence-corrected chi connectivity index (χ2v) is 7.10. The van der Waals surface area contributed by atoms with E-state index < -0.39 is 0 Å². The Bertz CT molecular complexity index is 808. The fourth-order valence-electron chi connectivity index (χ4n) is 3.10. The Hall–Kier alpha value is -2.38. The summed E-state index contributed by atoms with van der Waals surface area (Å²) < 4.78 is 5.49. The monoisotopic (exact) mass is 356 g/mol. The van der Waals surface area contributed by atoms with Gasteiger partial charge in [-0.1, -0.05) is 11.2 Å². The molecule has 4 rings (SSSR count). The number of aromatic nitrogens is 2. The quantitative estimate of drug-likeness (QED) is 0.773. The van der Waals surface area contributed by atoms with Gasteiger partial charge in [0.15, 0.2) is 0 Å². The fraction of sp³-hybridized carbons (Fsp3) is 0.333. The van der Waals surface area contributed by atoms with Crippen LogP contribution in [0.25, 0.3) is 10.7 Å². The maximum absolute atomic E-state index is 9.42. The molecule has 1 unspecified atom stereocenters. The van der Waals surface area contributed by atoms with Gasteiger partial charge in [-0.3, -0.25) is 4.90 Å². The molecule has 1 saturated heterocycles. The van der Waals surface area contributed by atoms with E-state index in [9.17, 15) is 5.11 Å². The maximum Gasteiger partial charge on any atom is 0.244 e. The van der Waals surface area contributed by atoms with Gasteiger partial charge in [0.1, 0.15) is 5.75 Å². The number of phenolic OH excluding ortho intramolecular Hbond substituents is 1. The molecule has 0 radical (unpaired) electrons. The van der Waals surface area contributed by atoms with Gasteiger partial charge in [-0.05, 0) is 42.6 Å². The van der Waals surface area contributed by atoms with Crippen molar-refractivity contribution < 1.29 is 9.63 Å². The molecule has 0 aliphatic carbocycles. The molecule has 3 heterocycles. The number of hydrogen-bond acceptors (Lipinski definition) is 7. The van der Waals surface area contributed by atoms with Crippen molar-refractivity contribution in [2.75, 3.05) is 31.1 Å². The second-order valence-electron chi connectivity index (χ2n) is 6.15. The van der Waals surface area contributed by atoms with Crippen molar-refractivity contribution in [3.8, 4) is 16.5 Å². The standard InChI is InChI=1S/C18H20N4O2S/c1-13(18-19-17(20-24-18)16-3-2-12-25-16)21-8-10-22(11-9-21)14-4-6-15(23)7-5-14/h2-7,12-13,23H,8-11H2,1H3. The summed E-state index contributed by atoms with van der Waals surface area (Å²) in [5, 5.41) is 15.5. The maximum atomic E-state index is 9.42. The van der Waals surface area contributed by atoms with E-state index in [4.69, 9.17) is 4.52 Å². The number of hydrogen-bond donors (Lipinski definition) is 1. The van der Waals surface area contributed by atoms with Gasteiger partial charge in [-0.2, -0.15) is 4.98 Å². The molecule has 3 aromatic rings. The highest BCUT2D eigenvalue weighted by atomic mass is 32.1. The minimum Gasteiger partial charge on any atom is -0.508 e. The topological polar surface area (TPSA) is 65.6 Å². The van der Waals surface area contributed by atoms with Gasteiger partial charge in [-0.25, -0.2) is 0 Å². The van der Waals surface area contributed by atoms with E-state index in [1.165, 1.54) is 0 Å². The molecular weight excluding hydrogens is 336 g/mol. The normalized spacial score (nSPS) is 16.9. The highest BCUT2D eigenvalue weighted by Crippen LogP contribution is 2.27. The number of rotatable bonds is 4. The van der Waals surface area contributed by atoms with Gasteiger partial charge in [0.2, 0.25) is 11.7 Å². The van der Waals surface area contributed by atoms with Gasteiger partial charge in [0.05, 0.1) is 10.9 Å². The van der Waals surface area contributed by atoms with E-state index in [-0.39, 0.29) is 6.04 Å².